The summed E-state index contributed by atoms with van der Waals surface area (Å²) in [5.41, 5.74) is 4.01. The molecule has 2 aliphatic rings. The monoisotopic (exact) mass is 460 g/mol. The van der Waals surface area contributed by atoms with Gasteiger partial charge < -0.3 is 25.2 Å². The Bertz CT molecular complexity index is 1030. The predicted octanol–water partition coefficient (Wildman–Crippen LogP) is 2.38. The molecule has 0 spiro atoms. The van der Waals surface area contributed by atoms with Crippen molar-refractivity contribution in [2.24, 2.45) is 5.92 Å². The maximum atomic E-state index is 14.2. The van der Waals surface area contributed by atoms with Gasteiger partial charge in [-0.25, -0.2) is 4.79 Å². The topological polar surface area (TPSA) is 114 Å². The Morgan fingerprint density at radius 1 is 1.03 bits per heavy atom. The number of benzene rings is 2. The highest BCUT2D eigenvalue weighted by Crippen LogP contribution is 2.44. The van der Waals surface area contributed by atoms with E-state index in [1.807, 2.05) is 59.2 Å². The first-order valence-electron chi connectivity index (χ1n) is 10.4. The Hall–Kier alpha value is -3.53. The van der Waals surface area contributed by atoms with Crippen LogP contribution < -0.4 is 10.6 Å². The number of hydrogen-bond donors (Lipinski definition) is 3. The van der Waals surface area contributed by atoms with E-state index in [9.17, 15) is 23.2 Å². The number of halogens is 2. The molecule has 2 atom stereocenters. The first kappa shape index (κ1) is 22.7. The molecular weight excluding hydrogens is 438 g/mol. The molecule has 8 nitrogen and oxygen atoms in total. The van der Waals surface area contributed by atoms with Crippen molar-refractivity contribution in [2.75, 3.05) is 26.4 Å². The fourth-order valence-electron chi connectivity index (χ4n) is 4.13. The summed E-state index contributed by atoms with van der Waals surface area (Å²) >= 11 is 0. The Balaban J connectivity index is 1.31. The number of ether oxygens (including phenoxy) is 2. The Labute approximate surface area is 187 Å². The second kappa shape index (κ2) is 9.14. The van der Waals surface area contributed by atoms with Gasteiger partial charge >= 0.3 is 18.0 Å². The van der Waals surface area contributed by atoms with Crippen LogP contribution in [-0.2, 0) is 19.1 Å². The van der Waals surface area contributed by atoms with E-state index in [-0.39, 0.29) is 25.7 Å². The predicted molar refractivity (Wildman–Crippen MR) is 112 cm³/mol. The lowest BCUT2D eigenvalue weighted by Crippen LogP contribution is -2.53. The maximum absolute atomic E-state index is 14.2. The average molecular weight is 460 g/mol. The molecule has 0 aromatic heterocycles. The van der Waals surface area contributed by atoms with Crippen LogP contribution in [0.4, 0.5) is 13.6 Å². The first-order chi connectivity index (χ1) is 15.8. The third-order valence-corrected chi connectivity index (χ3v) is 5.84. The summed E-state index contributed by atoms with van der Waals surface area (Å²) in [6.45, 7) is -1.71. The molecule has 3 N–H and O–H groups in total. The fourth-order valence-corrected chi connectivity index (χ4v) is 4.13. The van der Waals surface area contributed by atoms with E-state index < -0.39 is 42.4 Å². The third-order valence-electron chi connectivity index (χ3n) is 5.84. The summed E-state index contributed by atoms with van der Waals surface area (Å²) in [5.74, 6) is -8.25. The van der Waals surface area contributed by atoms with Crippen LogP contribution in [-0.4, -0.2) is 61.4 Å². The number of carboxylic acids is 1. The number of carbonyl (C=O) groups is 3. The number of rotatable bonds is 7. The standard InChI is InChI=1S/C23H22F2N2O6/c24-23(25,21(30)27-19-11-32-9-18(19)20(28)29)12-26-22(31)33-10-17-15-7-3-1-5-13(15)14-6-2-4-8-16(14)17/h1-8,17-19H,9-12H2,(H,26,31)(H,27,30)(H,28,29). The molecule has 174 valence electrons. The number of aliphatic carboxylic acids is 1. The number of amides is 2. The Kier molecular flexibility index (Phi) is 6.28. The van der Waals surface area contributed by atoms with Crippen molar-refractivity contribution in [2.45, 2.75) is 17.9 Å². The minimum Gasteiger partial charge on any atom is -0.481 e. The molecule has 1 aliphatic carbocycles. The van der Waals surface area contributed by atoms with Gasteiger partial charge in [0.15, 0.2) is 0 Å². The van der Waals surface area contributed by atoms with Gasteiger partial charge in [0.05, 0.1) is 25.8 Å². The molecule has 2 aromatic carbocycles. The van der Waals surface area contributed by atoms with E-state index in [2.05, 4.69) is 0 Å². The van der Waals surface area contributed by atoms with E-state index in [4.69, 9.17) is 14.6 Å². The zero-order chi connectivity index (χ0) is 23.6. The second-order valence-corrected chi connectivity index (χ2v) is 7.95. The molecule has 2 aromatic rings. The largest absolute Gasteiger partial charge is 0.481 e. The maximum Gasteiger partial charge on any atom is 0.407 e. The molecule has 33 heavy (non-hydrogen) atoms. The molecule has 10 heteroatoms. The van der Waals surface area contributed by atoms with Crippen LogP contribution in [0, 0.1) is 5.92 Å². The van der Waals surface area contributed by atoms with Crippen molar-refractivity contribution in [1.29, 1.82) is 0 Å². The van der Waals surface area contributed by atoms with Crippen LogP contribution in [0.1, 0.15) is 17.0 Å². The summed E-state index contributed by atoms with van der Waals surface area (Å²) in [7, 11) is 0. The lowest BCUT2D eigenvalue weighted by atomic mass is 9.98. The van der Waals surface area contributed by atoms with Gasteiger partial charge in [0.25, 0.3) is 5.91 Å². The zero-order valence-electron chi connectivity index (χ0n) is 17.4. The molecule has 2 unspecified atom stereocenters. The van der Waals surface area contributed by atoms with Gasteiger partial charge in [-0.05, 0) is 22.3 Å². The second-order valence-electron chi connectivity index (χ2n) is 7.95. The van der Waals surface area contributed by atoms with E-state index in [0.717, 1.165) is 22.3 Å². The summed E-state index contributed by atoms with van der Waals surface area (Å²) < 4.78 is 38.6. The summed E-state index contributed by atoms with van der Waals surface area (Å²) in [6.07, 6.45) is -1.09. The number of carboxylic acid groups (broad SMARTS) is 1. The summed E-state index contributed by atoms with van der Waals surface area (Å²) in [5, 5.41) is 13.0. The molecule has 1 saturated heterocycles. The van der Waals surface area contributed by atoms with Crippen molar-refractivity contribution in [1.82, 2.24) is 10.6 Å². The van der Waals surface area contributed by atoms with Crippen molar-refractivity contribution in [3.63, 3.8) is 0 Å². The fraction of sp³-hybridized carbons (Fsp3) is 0.348. The molecule has 0 radical (unpaired) electrons. The lowest BCUT2D eigenvalue weighted by molar-refractivity contribution is -0.147. The van der Waals surface area contributed by atoms with Crippen LogP contribution in [0.2, 0.25) is 0 Å². The summed E-state index contributed by atoms with van der Waals surface area (Å²) in [4.78, 5) is 35.1. The highest BCUT2D eigenvalue weighted by molar-refractivity contribution is 5.85. The number of alkyl carbamates (subject to hydrolysis) is 1. The molecule has 2 amide bonds. The molecule has 1 aliphatic heterocycles. The van der Waals surface area contributed by atoms with Crippen LogP contribution >= 0.6 is 0 Å². The van der Waals surface area contributed by atoms with Crippen molar-refractivity contribution in [3.8, 4) is 11.1 Å². The molecule has 1 fully saturated rings. The number of fused-ring (bicyclic) bond motifs is 3. The number of alkyl halides is 2. The van der Waals surface area contributed by atoms with Gasteiger partial charge in [-0.1, -0.05) is 48.5 Å². The molecular formula is C23H22F2N2O6. The van der Waals surface area contributed by atoms with Crippen LogP contribution in [0.25, 0.3) is 11.1 Å². The highest BCUT2D eigenvalue weighted by atomic mass is 19.3. The number of carbonyl (C=O) groups excluding carboxylic acids is 2. The van der Waals surface area contributed by atoms with Gasteiger partial charge in [0, 0.05) is 5.92 Å². The summed E-state index contributed by atoms with van der Waals surface area (Å²) in [6, 6.07) is 14.3. The van der Waals surface area contributed by atoms with Gasteiger partial charge in [0.2, 0.25) is 0 Å². The molecule has 1 heterocycles. The minimum absolute atomic E-state index is 0.0582. The smallest absolute Gasteiger partial charge is 0.407 e. The van der Waals surface area contributed by atoms with E-state index in [1.54, 1.807) is 0 Å². The van der Waals surface area contributed by atoms with Gasteiger partial charge in [-0.2, -0.15) is 8.78 Å². The lowest BCUT2D eigenvalue weighted by Gasteiger charge is -2.21. The SMILES string of the molecule is O=C(NCC(F)(F)C(=O)NC1COCC1C(=O)O)OCC1c2ccccc2-c2ccccc21. The molecule has 0 saturated carbocycles. The first-order valence-corrected chi connectivity index (χ1v) is 10.4. The highest BCUT2D eigenvalue weighted by Gasteiger charge is 2.44. The van der Waals surface area contributed by atoms with Gasteiger partial charge in [0.1, 0.15) is 12.5 Å². The van der Waals surface area contributed by atoms with Gasteiger partial charge in [-0.15, -0.1) is 0 Å². The normalized spacial score (nSPS) is 19.5. The van der Waals surface area contributed by atoms with Crippen LogP contribution in [0.3, 0.4) is 0 Å². The third kappa shape index (κ3) is 4.65. The quantitative estimate of drug-likeness (QED) is 0.585. The van der Waals surface area contributed by atoms with Crippen molar-refractivity contribution < 1.29 is 37.7 Å². The van der Waals surface area contributed by atoms with Gasteiger partial charge in [-0.3, -0.25) is 9.59 Å². The average Bonchev–Trinajstić information content (AvgIpc) is 3.39. The van der Waals surface area contributed by atoms with Crippen molar-refractivity contribution >= 4 is 18.0 Å². The van der Waals surface area contributed by atoms with Crippen LogP contribution in [0.15, 0.2) is 48.5 Å². The number of nitrogens with one attached hydrogen (secondary N) is 2. The Morgan fingerprint density at radius 3 is 2.24 bits per heavy atom. The minimum atomic E-state index is -3.96. The molecule has 0 bridgehead atoms. The Morgan fingerprint density at radius 2 is 1.64 bits per heavy atom. The van der Waals surface area contributed by atoms with Crippen molar-refractivity contribution in [3.05, 3.63) is 59.7 Å². The number of hydrogen-bond acceptors (Lipinski definition) is 5. The zero-order valence-corrected chi connectivity index (χ0v) is 17.4. The van der Waals surface area contributed by atoms with E-state index in [0.29, 0.717) is 0 Å². The molecule has 4 rings (SSSR count). The van der Waals surface area contributed by atoms with Crippen LogP contribution in [0.5, 0.6) is 0 Å². The van der Waals surface area contributed by atoms with E-state index in [1.165, 1.54) is 0 Å². The van der Waals surface area contributed by atoms with E-state index >= 15 is 0 Å².